The van der Waals surface area contributed by atoms with Gasteiger partial charge in [-0.2, -0.15) is 0 Å². The van der Waals surface area contributed by atoms with Crippen LogP contribution in [0.5, 0.6) is 0 Å². The van der Waals surface area contributed by atoms with Crippen LogP contribution in [-0.4, -0.2) is 17.4 Å². The average Bonchev–Trinajstić information content (AvgIpc) is 2.87. The summed E-state index contributed by atoms with van der Waals surface area (Å²) >= 11 is -2.15. The van der Waals surface area contributed by atoms with Crippen molar-refractivity contribution in [2.24, 2.45) is 0 Å². The van der Waals surface area contributed by atoms with Crippen LogP contribution in [0.3, 0.4) is 0 Å². The molecule has 0 aliphatic carbocycles. The van der Waals surface area contributed by atoms with Crippen molar-refractivity contribution in [3.05, 3.63) is 146 Å². The van der Waals surface area contributed by atoms with Crippen molar-refractivity contribution in [3.8, 4) is 0 Å². The van der Waals surface area contributed by atoms with Crippen LogP contribution in [-0.2, 0) is 0 Å². The maximum atomic E-state index is 3.75. The molecule has 170 valence electrons. The zero-order valence-corrected chi connectivity index (χ0v) is 24.8. The molecule has 4 heteroatoms. The van der Waals surface area contributed by atoms with E-state index in [4.69, 9.17) is 0 Å². The van der Waals surface area contributed by atoms with E-state index in [0.717, 1.165) is 0 Å². The summed E-state index contributed by atoms with van der Waals surface area (Å²) in [6.45, 7) is 11.2. The van der Waals surface area contributed by atoms with Crippen molar-refractivity contribution in [3.63, 3.8) is 0 Å². The van der Waals surface area contributed by atoms with Gasteiger partial charge in [0, 0.05) is 0 Å². The molecule has 0 aliphatic heterocycles. The van der Waals surface area contributed by atoms with E-state index in [9.17, 15) is 0 Å². The molecule has 0 nitrogen and oxygen atoms in total. The monoisotopic (exact) mass is 692 g/mol. The Morgan fingerprint density at radius 3 is 0.941 bits per heavy atom. The van der Waals surface area contributed by atoms with Gasteiger partial charge in [0.05, 0.1) is 0 Å². The molecule has 0 radical (unpaired) electrons. The summed E-state index contributed by atoms with van der Waals surface area (Å²) < 4.78 is 0. The van der Waals surface area contributed by atoms with Gasteiger partial charge in [0.25, 0.3) is 0 Å². The van der Waals surface area contributed by atoms with Gasteiger partial charge in [-0.3, -0.25) is 0 Å². The molecule has 0 saturated carbocycles. The van der Waals surface area contributed by atoms with Crippen molar-refractivity contribution in [1.29, 1.82) is 0 Å². The van der Waals surface area contributed by atoms with Crippen LogP contribution in [0.25, 0.3) is 18.2 Å². The molecule has 0 amide bonds. The van der Waals surface area contributed by atoms with Crippen molar-refractivity contribution < 1.29 is 0 Å². The first-order chi connectivity index (χ1) is 16.7. The van der Waals surface area contributed by atoms with Crippen molar-refractivity contribution >= 4 is 61.1 Å². The minimum atomic E-state index is -2.15. The van der Waals surface area contributed by atoms with Crippen molar-refractivity contribution in [2.45, 2.75) is 14.7 Å². The first-order valence-corrected chi connectivity index (χ1v) is 25.8. The summed E-state index contributed by atoms with van der Waals surface area (Å²) in [7, 11) is 6.23. The third-order valence-electron chi connectivity index (χ3n) is 4.45. The number of hydrogen-bond donors (Lipinski definition) is 0. The normalized spacial score (nSPS) is 11.6. The predicted molar refractivity (Wildman–Crippen MR) is 160 cm³/mol. The van der Waals surface area contributed by atoms with E-state index in [-0.39, 0.29) is 0 Å². The predicted octanol–water partition coefficient (Wildman–Crippen LogP) is 9.95. The molecule has 0 bridgehead atoms. The Bertz CT molecular complexity index is 1000. The molecular weight excluding hydrogens is 666 g/mol. The molecular formula is C30H27BiS3. The van der Waals surface area contributed by atoms with Gasteiger partial charge < -0.3 is 0 Å². The van der Waals surface area contributed by atoms with Gasteiger partial charge in [-0.25, -0.2) is 0 Å². The molecule has 3 rings (SSSR count). The molecule has 0 N–H and O–H groups in total. The van der Waals surface area contributed by atoms with E-state index in [2.05, 4.69) is 136 Å². The van der Waals surface area contributed by atoms with E-state index in [1.54, 1.807) is 18.2 Å². The first-order valence-electron chi connectivity index (χ1n) is 10.7. The molecule has 0 fully saturated rings. The molecule has 3 aromatic carbocycles. The van der Waals surface area contributed by atoms with Gasteiger partial charge in [-0.1, -0.05) is 0 Å². The van der Waals surface area contributed by atoms with Crippen LogP contribution >= 0.6 is 25.6 Å². The molecule has 0 aliphatic rings. The Balaban J connectivity index is 1.77. The van der Waals surface area contributed by atoms with Crippen LogP contribution in [0.1, 0.15) is 16.7 Å². The summed E-state index contributed by atoms with van der Waals surface area (Å²) in [4.78, 5) is 4.01. The van der Waals surface area contributed by atoms with Crippen LogP contribution in [0, 0.1) is 0 Å². The van der Waals surface area contributed by atoms with Gasteiger partial charge in [-0.05, 0) is 0 Å². The van der Waals surface area contributed by atoms with E-state index in [1.807, 2.05) is 18.2 Å². The number of hydrogen-bond acceptors (Lipinski definition) is 3. The minimum absolute atomic E-state index is 1.20. The summed E-state index contributed by atoms with van der Waals surface area (Å²) in [6.07, 6.45) is 17.6. The van der Waals surface area contributed by atoms with E-state index >= 15 is 0 Å². The summed E-state index contributed by atoms with van der Waals surface area (Å²) in [5, 5.41) is 0. The van der Waals surface area contributed by atoms with Crippen LogP contribution in [0.15, 0.2) is 144 Å². The fourth-order valence-electron chi connectivity index (χ4n) is 2.77. The number of benzene rings is 3. The quantitative estimate of drug-likeness (QED) is 0.137. The van der Waals surface area contributed by atoms with Gasteiger partial charge in [-0.15, -0.1) is 0 Å². The molecule has 3 aromatic rings. The Hall–Kier alpha value is -1.97. The van der Waals surface area contributed by atoms with Gasteiger partial charge in [0.15, 0.2) is 0 Å². The molecule has 0 spiro atoms. The molecule has 0 heterocycles. The Kier molecular flexibility index (Phi) is 11.8. The van der Waals surface area contributed by atoms with E-state index in [1.165, 1.54) is 31.4 Å². The second-order valence-corrected chi connectivity index (χ2v) is 32.8. The fraction of sp³-hybridized carbons (Fsp3) is 0. The summed E-state index contributed by atoms with van der Waals surface area (Å²) in [5.74, 6) is 0. The first kappa shape index (κ1) is 26.6. The van der Waals surface area contributed by atoms with E-state index < -0.39 is 17.4 Å². The van der Waals surface area contributed by atoms with Crippen LogP contribution in [0.4, 0.5) is 0 Å². The average molecular weight is 693 g/mol. The Morgan fingerprint density at radius 1 is 0.441 bits per heavy atom. The summed E-state index contributed by atoms with van der Waals surface area (Å²) in [5.41, 5.74) is 3.59. The zero-order valence-electron chi connectivity index (χ0n) is 18.9. The second-order valence-electron chi connectivity index (χ2n) is 6.99. The van der Waals surface area contributed by atoms with Gasteiger partial charge in [0.2, 0.25) is 0 Å². The zero-order chi connectivity index (χ0) is 24.0. The third-order valence-corrected chi connectivity index (χ3v) is 30.7. The number of rotatable bonds is 12. The SMILES string of the molecule is C=CC=Cc1ccc([S][Bi]([S]c2ccc(C=CC=C)cc2)[S]c2ccc(C=CC=C)cc2)cc1. The Morgan fingerprint density at radius 2 is 0.706 bits per heavy atom. The van der Waals surface area contributed by atoms with Gasteiger partial charge >= 0.3 is 222 Å². The number of allylic oxidation sites excluding steroid dienone is 6. The molecule has 0 unspecified atom stereocenters. The molecule has 34 heavy (non-hydrogen) atoms. The van der Waals surface area contributed by atoms with Gasteiger partial charge in [0.1, 0.15) is 0 Å². The summed E-state index contributed by atoms with van der Waals surface area (Å²) in [6, 6.07) is 26.5. The topological polar surface area (TPSA) is 0 Å². The fourth-order valence-corrected chi connectivity index (χ4v) is 32.3. The molecule has 0 atom stereocenters. The third kappa shape index (κ3) is 9.35. The second kappa shape index (κ2) is 15.1. The van der Waals surface area contributed by atoms with Crippen LogP contribution in [0.2, 0.25) is 0 Å². The van der Waals surface area contributed by atoms with Crippen LogP contribution < -0.4 is 0 Å². The molecule has 0 aromatic heterocycles. The maximum absolute atomic E-state index is 3.75. The van der Waals surface area contributed by atoms with Crippen molar-refractivity contribution in [2.75, 3.05) is 0 Å². The molecule has 0 saturated heterocycles. The van der Waals surface area contributed by atoms with Crippen molar-refractivity contribution in [1.82, 2.24) is 0 Å². The van der Waals surface area contributed by atoms with E-state index in [0.29, 0.717) is 0 Å². The standard InChI is InChI=1S/3C10H10S.Bi/c3*1-2-3-4-9-5-7-10(11)8-6-9;/h3*2-8,11H,1H2;/q;;;+3/p-3. The Labute approximate surface area is 219 Å².